The Hall–Kier alpha value is -1.83. The molecule has 2 N–H and O–H groups in total. The molecule has 2 heterocycles. The topological polar surface area (TPSA) is 82.9 Å². The second-order valence-electron chi connectivity index (χ2n) is 10.5. The van der Waals surface area contributed by atoms with Crippen LogP contribution in [0, 0.1) is 12.3 Å². The molecule has 1 aliphatic carbocycles. The lowest BCUT2D eigenvalue weighted by molar-refractivity contribution is -0.141. The molecule has 1 aromatic heterocycles. The summed E-state index contributed by atoms with van der Waals surface area (Å²) in [6.45, 7) is 4.96. The van der Waals surface area contributed by atoms with E-state index in [1.807, 2.05) is 31.3 Å². The minimum atomic E-state index is -0.736. The molecule has 192 valence electrons. The van der Waals surface area contributed by atoms with Gasteiger partial charge in [-0.2, -0.15) is 11.8 Å². The number of rotatable bonds is 11. The summed E-state index contributed by atoms with van der Waals surface area (Å²) in [6.07, 6.45) is 9.83. The number of carboxylic acid groups (broad SMARTS) is 1. The first-order valence-electron chi connectivity index (χ1n) is 13.1. The molecule has 2 aromatic rings. The van der Waals surface area contributed by atoms with Crippen LogP contribution in [-0.4, -0.2) is 63.8 Å². The molecule has 35 heavy (non-hydrogen) atoms. The highest BCUT2D eigenvalue weighted by Crippen LogP contribution is 2.42. The second-order valence-corrected chi connectivity index (χ2v) is 11.9. The highest BCUT2D eigenvalue weighted by atomic mass is 32.2. The average Bonchev–Trinajstić information content (AvgIpc) is 3.36. The zero-order valence-electron chi connectivity index (χ0n) is 21.2. The van der Waals surface area contributed by atoms with Crippen molar-refractivity contribution < 1.29 is 19.7 Å². The smallest absolute Gasteiger partial charge is 0.303 e. The van der Waals surface area contributed by atoms with Gasteiger partial charge in [0.25, 0.3) is 0 Å². The lowest BCUT2D eigenvalue weighted by Gasteiger charge is -2.41. The summed E-state index contributed by atoms with van der Waals surface area (Å²) in [4.78, 5) is 18.8. The predicted octanol–water partition coefficient (Wildman–Crippen LogP) is 5.60. The Morgan fingerprint density at radius 1 is 1.29 bits per heavy atom. The van der Waals surface area contributed by atoms with Crippen molar-refractivity contribution in [3.63, 3.8) is 0 Å². The maximum Gasteiger partial charge on any atom is 0.303 e. The summed E-state index contributed by atoms with van der Waals surface area (Å²) in [5, 5.41) is 22.7. The number of pyridine rings is 1. The molecule has 0 bridgehead atoms. The number of carboxylic acids is 1. The summed E-state index contributed by atoms with van der Waals surface area (Å²) >= 11 is 2.12. The first-order chi connectivity index (χ1) is 16.9. The van der Waals surface area contributed by atoms with E-state index < -0.39 is 12.1 Å². The molecule has 1 aromatic carbocycles. The molecule has 0 amide bonds. The van der Waals surface area contributed by atoms with Crippen LogP contribution in [0.4, 0.5) is 0 Å². The number of carbonyl (C=O) groups is 1. The number of aliphatic hydroxyl groups excluding tert-OH is 1. The number of aliphatic carboxylic acids is 1. The normalized spacial score (nSPS) is 19.7. The van der Waals surface area contributed by atoms with Gasteiger partial charge in [-0.3, -0.25) is 9.78 Å². The number of hydrogen-bond donors (Lipinski definition) is 2. The zero-order valence-corrected chi connectivity index (χ0v) is 22.0. The summed E-state index contributed by atoms with van der Waals surface area (Å²) < 4.78 is 5.40. The van der Waals surface area contributed by atoms with Crippen molar-refractivity contribution in [1.29, 1.82) is 0 Å². The van der Waals surface area contributed by atoms with E-state index in [0.717, 1.165) is 65.5 Å². The van der Waals surface area contributed by atoms with Gasteiger partial charge in [-0.1, -0.05) is 12.8 Å². The van der Waals surface area contributed by atoms with Gasteiger partial charge >= 0.3 is 5.97 Å². The van der Waals surface area contributed by atoms with Crippen LogP contribution >= 0.6 is 11.8 Å². The molecule has 1 atom stereocenters. The Balaban J connectivity index is 1.39. The molecule has 1 aliphatic heterocycles. The van der Waals surface area contributed by atoms with Gasteiger partial charge in [0.2, 0.25) is 0 Å². The third kappa shape index (κ3) is 6.69. The molecule has 2 fully saturated rings. The van der Waals surface area contributed by atoms with E-state index in [9.17, 15) is 15.0 Å². The van der Waals surface area contributed by atoms with Gasteiger partial charge in [-0.25, -0.2) is 0 Å². The third-order valence-electron chi connectivity index (χ3n) is 8.10. The average molecular weight is 501 g/mol. The number of aryl methyl sites for hydroxylation is 1. The number of piperidine rings is 1. The maximum atomic E-state index is 11.8. The fraction of sp³-hybridized carbons (Fsp3) is 0.643. The van der Waals surface area contributed by atoms with Crippen LogP contribution in [0.5, 0.6) is 5.75 Å². The fourth-order valence-electron chi connectivity index (χ4n) is 5.94. The van der Waals surface area contributed by atoms with E-state index in [1.54, 1.807) is 7.11 Å². The SMILES string of the molecule is COc1ccc2ncc(C)c([C@H](O)CCC3(CC(=O)O)CCN(CCSC4CCCC4)CC3)c2c1. The van der Waals surface area contributed by atoms with E-state index in [1.165, 1.54) is 31.4 Å². The fourth-order valence-corrected chi connectivity index (χ4v) is 7.30. The van der Waals surface area contributed by atoms with Crippen molar-refractivity contribution in [2.75, 3.05) is 32.5 Å². The van der Waals surface area contributed by atoms with Gasteiger partial charge in [0.05, 0.1) is 25.2 Å². The van der Waals surface area contributed by atoms with Gasteiger partial charge in [0.15, 0.2) is 0 Å². The Bertz CT molecular complexity index is 1000. The number of methoxy groups -OCH3 is 1. The van der Waals surface area contributed by atoms with Gasteiger partial charge < -0.3 is 19.8 Å². The number of aliphatic hydroxyl groups is 1. The van der Waals surface area contributed by atoms with Crippen molar-refractivity contribution in [2.24, 2.45) is 5.41 Å². The van der Waals surface area contributed by atoms with Crippen LogP contribution in [0.1, 0.15) is 75.0 Å². The van der Waals surface area contributed by atoms with Crippen LogP contribution < -0.4 is 4.74 Å². The van der Waals surface area contributed by atoms with Gasteiger partial charge in [-0.05, 0) is 93.3 Å². The molecule has 0 radical (unpaired) electrons. The third-order valence-corrected chi connectivity index (χ3v) is 9.46. The van der Waals surface area contributed by atoms with E-state index in [-0.39, 0.29) is 11.8 Å². The van der Waals surface area contributed by atoms with Crippen LogP contribution in [-0.2, 0) is 4.79 Å². The predicted molar refractivity (Wildman–Crippen MR) is 142 cm³/mol. The molecule has 6 nitrogen and oxygen atoms in total. The quantitative estimate of drug-likeness (QED) is 0.416. The van der Waals surface area contributed by atoms with Gasteiger partial charge in [0.1, 0.15) is 5.75 Å². The summed E-state index contributed by atoms with van der Waals surface area (Å²) in [5.41, 5.74) is 2.39. The number of aromatic nitrogens is 1. The standard InChI is InChI=1S/C28H40N2O4S/c1-20-19-29-24-8-7-21(34-2)17-23(24)27(20)25(31)9-10-28(18-26(32)33)11-13-30(14-12-28)15-16-35-22-5-3-4-6-22/h7-8,17,19,22,25,31H,3-6,9-16,18H2,1-2H3,(H,32,33)/t25-/m1/s1. The summed E-state index contributed by atoms with van der Waals surface area (Å²) in [6, 6.07) is 5.72. The monoisotopic (exact) mass is 500 g/mol. The highest BCUT2D eigenvalue weighted by Gasteiger charge is 2.37. The Kier molecular flexibility index (Phi) is 8.95. The van der Waals surface area contributed by atoms with Crippen LogP contribution in [0.25, 0.3) is 10.9 Å². The number of fused-ring (bicyclic) bond motifs is 1. The molecule has 2 aliphatic rings. The molecule has 4 rings (SSSR count). The van der Waals surface area contributed by atoms with Crippen molar-refractivity contribution in [2.45, 2.75) is 76.1 Å². The highest BCUT2D eigenvalue weighted by molar-refractivity contribution is 7.99. The van der Waals surface area contributed by atoms with E-state index >= 15 is 0 Å². The molecule has 7 heteroatoms. The molecule has 1 saturated carbocycles. The van der Waals surface area contributed by atoms with Crippen LogP contribution in [0.3, 0.4) is 0 Å². The number of likely N-dealkylation sites (tertiary alicyclic amines) is 1. The maximum absolute atomic E-state index is 11.8. The number of nitrogens with zero attached hydrogens (tertiary/aromatic N) is 2. The summed E-state index contributed by atoms with van der Waals surface area (Å²) in [5.74, 6) is 1.17. The lowest BCUT2D eigenvalue weighted by Crippen LogP contribution is -2.42. The summed E-state index contributed by atoms with van der Waals surface area (Å²) in [7, 11) is 1.63. The Labute approximate surface area is 213 Å². The Morgan fingerprint density at radius 2 is 2.03 bits per heavy atom. The zero-order chi connectivity index (χ0) is 24.8. The molecule has 0 spiro atoms. The van der Waals surface area contributed by atoms with Crippen LogP contribution in [0.2, 0.25) is 0 Å². The number of hydrogen-bond acceptors (Lipinski definition) is 6. The Morgan fingerprint density at radius 3 is 2.71 bits per heavy atom. The van der Waals surface area contributed by atoms with Gasteiger partial charge in [-0.15, -0.1) is 0 Å². The lowest BCUT2D eigenvalue weighted by atomic mass is 9.71. The molecule has 1 saturated heterocycles. The van der Waals surface area contributed by atoms with Crippen LogP contribution in [0.15, 0.2) is 24.4 Å². The van der Waals surface area contributed by atoms with Crippen molar-refractivity contribution in [3.05, 3.63) is 35.5 Å². The van der Waals surface area contributed by atoms with E-state index in [0.29, 0.717) is 12.8 Å². The van der Waals surface area contributed by atoms with E-state index in [4.69, 9.17) is 4.74 Å². The van der Waals surface area contributed by atoms with Crippen molar-refractivity contribution in [3.8, 4) is 5.75 Å². The van der Waals surface area contributed by atoms with Crippen molar-refractivity contribution in [1.82, 2.24) is 9.88 Å². The largest absolute Gasteiger partial charge is 0.497 e. The van der Waals surface area contributed by atoms with E-state index in [2.05, 4.69) is 21.6 Å². The van der Waals surface area contributed by atoms with Gasteiger partial charge in [0, 0.05) is 29.1 Å². The van der Waals surface area contributed by atoms with Crippen molar-refractivity contribution >= 4 is 28.6 Å². The number of benzene rings is 1. The molecule has 0 unspecified atom stereocenters. The second kappa shape index (κ2) is 11.9. The number of ether oxygens (including phenoxy) is 1. The molecular formula is C28H40N2O4S. The number of thioether (sulfide) groups is 1. The first kappa shape index (κ1) is 26.2. The minimum Gasteiger partial charge on any atom is -0.497 e. The minimum absolute atomic E-state index is 0.175. The first-order valence-corrected chi connectivity index (χ1v) is 14.1. The molecular weight excluding hydrogens is 460 g/mol.